The summed E-state index contributed by atoms with van der Waals surface area (Å²) in [7, 11) is 0. The molecule has 4 amide bonds. The minimum Gasteiger partial charge on any atom is -0.443 e. The number of alkyl halides is 3. The molecule has 0 bridgehead atoms. The Bertz CT molecular complexity index is 1290. The maximum absolute atomic E-state index is 15.2. The minimum absolute atomic E-state index is 0.000388. The highest BCUT2D eigenvalue weighted by molar-refractivity contribution is 6.07. The molecule has 4 heterocycles. The maximum atomic E-state index is 15.2. The van der Waals surface area contributed by atoms with Crippen molar-refractivity contribution in [1.82, 2.24) is 15.5 Å². The Morgan fingerprint density at radius 1 is 1.24 bits per heavy atom. The molecule has 1 fully saturated rings. The number of alkyl carbamates (subject to hydrolysis) is 1. The van der Waals surface area contributed by atoms with Crippen LogP contribution < -0.4 is 10.6 Å². The van der Waals surface area contributed by atoms with E-state index in [-0.39, 0.29) is 67.9 Å². The summed E-state index contributed by atoms with van der Waals surface area (Å²) in [4.78, 5) is 49.9. The number of piperidine rings is 1. The lowest BCUT2D eigenvalue weighted by atomic mass is 9.91. The van der Waals surface area contributed by atoms with Crippen LogP contribution >= 0.6 is 0 Å². The van der Waals surface area contributed by atoms with Crippen LogP contribution in [-0.4, -0.2) is 70.2 Å². The first kappa shape index (κ1) is 25.8. The van der Waals surface area contributed by atoms with Gasteiger partial charge >= 0.3 is 12.3 Å². The van der Waals surface area contributed by atoms with E-state index >= 15 is 4.39 Å². The molecule has 1 saturated heterocycles. The van der Waals surface area contributed by atoms with Gasteiger partial charge in [0.2, 0.25) is 17.5 Å². The Morgan fingerprint density at radius 2 is 2.03 bits per heavy atom. The quantitative estimate of drug-likeness (QED) is 0.338. The van der Waals surface area contributed by atoms with Crippen LogP contribution in [0.5, 0.6) is 0 Å². The molecule has 0 aromatic heterocycles. The Kier molecular flexibility index (Phi) is 6.65. The average Bonchev–Trinajstić information content (AvgIpc) is 3.42. The highest BCUT2D eigenvalue weighted by Gasteiger charge is 2.51. The van der Waals surface area contributed by atoms with Crippen LogP contribution in [0.25, 0.3) is 0 Å². The summed E-state index contributed by atoms with van der Waals surface area (Å²) in [5.41, 5.74) is 0.635. The number of amides is 4. The van der Waals surface area contributed by atoms with Crippen molar-refractivity contribution in [1.29, 1.82) is 0 Å². The maximum Gasteiger partial charge on any atom is 0.407 e. The van der Waals surface area contributed by atoms with Crippen molar-refractivity contribution in [2.75, 3.05) is 13.2 Å². The van der Waals surface area contributed by atoms with Gasteiger partial charge in [-0.25, -0.2) is 9.18 Å². The van der Waals surface area contributed by atoms with Crippen LogP contribution in [0.2, 0.25) is 0 Å². The number of ether oxygens (including phenoxy) is 1. The largest absolute Gasteiger partial charge is 0.443 e. The monoisotopic (exact) mass is 538 g/mol. The van der Waals surface area contributed by atoms with Crippen molar-refractivity contribution in [2.24, 2.45) is 11.0 Å². The van der Waals surface area contributed by atoms with Crippen LogP contribution in [0.4, 0.5) is 22.4 Å². The third-order valence-corrected chi connectivity index (χ3v) is 7.14. The van der Waals surface area contributed by atoms with Gasteiger partial charge in [0, 0.05) is 31.5 Å². The predicted octanol–water partition coefficient (Wildman–Crippen LogP) is 2.00. The van der Waals surface area contributed by atoms with Gasteiger partial charge < -0.3 is 15.0 Å². The second-order valence-corrected chi connectivity index (χ2v) is 9.60. The van der Waals surface area contributed by atoms with Crippen LogP contribution in [0, 0.1) is 11.7 Å². The van der Waals surface area contributed by atoms with Gasteiger partial charge in [-0.05, 0) is 23.5 Å². The zero-order valence-electron chi connectivity index (χ0n) is 20.1. The fraction of sp³-hybridized carbons (Fsp3) is 0.500. The van der Waals surface area contributed by atoms with E-state index in [1.165, 1.54) is 21.7 Å². The van der Waals surface area contributed by atoms with Crippen LogP contribution in [0.1, 0.15) is 53.6 Å². The Hall–Kier alpha value is -3.84. The first-order chi connectivity index (χ1) is 18.0. The van der Waals surface area contributed by atoms with E-state index < -0.39 is 47.8 Å². The van der Waals surface area contributed by atoms with Gasteiger partial charge in [0.1, 0.15) is 30.1 Å². The number of hydrogen-bond donors (Lipinski definition) is 2. The van der Waals surface area contributed by atoms with Crippen molar-refractivity contribution in [3.8, 4) is 0 Å². The lowest BCUT2D eigenvalue weighted by Crippen LogP contribution is -2.52. The van der Waals surface area contributed by atoms with Gasteiger partial charge in [-0.15, -0.1) is 0 Å². The molecule has 0 spiro atoms. The van der Waals surface area contributed by atoms with Crippen molar-refractivity contribution in [2.45, 2.75) is 57.4 Å². The number of carbonyl (C=O) groups is 4. The second kappa shape index (κ2) is 9.80. The first-order valence-corrected chi connectivity index (χ1v) is 12.1. The molecule has 2 N–H and O–H groups in total. The predicted molar refractivity (Wildman–Crippen MR) is 122 cm³/mol. The summed E-state index contributed by atoms with van der Waals surface area (Å²) in [5, 5.41) is 8.69. The fourth-order valence-electron chi connectivity index (χ4n) is 5.27. The summed E-state index contributed by atoms with van der Waals surface area (Å²) in [5.74, 6) is -4.12. The van der Waals surface area contributed by atoms with Crippen molar-refractivity contribution < 1.29 is 46.2 Å². The van der Waals surface area contributed by atoms with Gasteiger partial charge in [-0.1, -0.05) is 16.8 Å². The summed E-state index contributed by atoms with van der Waals surface area (Å²) < 4.78 is 61.5. The SMILES string of the molecule is O=C1CCC(N2Cc3ccc(CNC(=O)OCC4=N[N+]5=C(C4)C(C(F)(F)F)CCC5)c(F)c3C2=O)C(=O)N1. The summed E-state index contributed by atoms with van der Waals surface area (Å²) in [6.07, 6.45) is -4.76. The number of hydrazone groups is 1. The average molecular weight is 538 g/mol. The van der Waals surface area contributed by atoms with E-state index in [1.807, 2.05) is 0 Å². The molecule has 2 unspecified atom stereocenters. The zero-order chi connectivity index (χ0) is 27.2. The number of fused-ring (bicyclic) bond motifs is 1. The first-order valence-electron chi connectivity index (χ1n) is 12.1. The van der Waals surface area contributed by atoms with Gasteiger partial charge in [-0.2, -0.15) is 13.2 Å². The van der Waals surface area contributed by atoms with E-state index in [9.17, 15) is 32.3 Å². The van der Waals surface area contributed by atoms with E-state index in [2.05, 4.69) is 15.7 Å². The molecule has 14 heteroatoms. The molecule has 4 aliphatic rings. The van der Waals surface area contributed by atoms with E-state index in [0.717, 1.165) is 0 Å². The topological polar surface area (TPSA) is 120 Å². The highest BCUT2D eigenvalue weighted by atomic mass is 19.4. The molecule has 0 radical (unpaired) electrons. The molecule has 0 aliphatic carbocycles. The number of benzene rings is 1. The molecule has 1 aromatic rings. The molecule has 10 nitrogen and oxygen atoms in total. The normalized spacial score (nSPS) is 23.2. The lowest BCUT2D eigenvalue weighted by molar-refractivity contribution is -0.539. The number of carbonyl (C=O) groups excluding carboxylic acids is 4. The number of imide groups is 1. The number of hydrogen-bond acceptors (Lipinski definition) is 6. The Labute approximate surface area is 213 Å². The third kappa shape index (κ3) is 4.86. The van der Waals surface area contributed by atoms with Crippen molar-refractivity contribution in [3.05, 3.63) is 34.6 Å². The molecule has 4 aliphatic heterocycles. The number of rotatable bonds is 5. The van der Waals surface area contributed by atoms with E-state index in [1.54, 1.807) is 0 Å². The molecule has 2 atom stereocenters. The lowest BCUT2D eigenvalue weighted by Gasteiger charge is -2.29. The molecule has 5 rings (SSSR count). The molecular weight excluding hydrogens is 514 g/mol. The van der Waals surface area contributed by atoms with Gasteiger partial charge in [-0.3, -0.25) is 19.7 Å². The molecular formula is C24H24F4N5O5+. The molecule has 1 aromatic carbocycles. The van der Waals surface area contributed by atoms with Gasteiger partial charge in [0.05, 0.1) is 12.0 Å². The minimum atomic E-state index is -4.36. The van der Waals surface area contributed by atoms with Gasteiger partial charge in [0.25, 0.3) is 5.91 Å². The van der Waals surface area contributed by atoms with Gasteiger partial charge in [0.15, 0.2) is 6.54 Å². The van der Waals surface area contributed by atoms with E-state index in [4.69, 9.17) is 4.74 Å². The van der Waals surface area contributed by atoms with Crippen LogP contribution in [0.15, 0.2) is 17.2 Å². The Balaban J connectivity index is 1.16. The standard InChI is InChI=1S/C24H23F4N5O5/c25-20-12(3-4-13-10-32(22(36)19(13)20)16-5-6-18(34)30-21(16)35)9-29-23(37)38-11-14-8-17-15(24(26,27)28)2-1-7-33(17)31-14/h3-4,15-16H,1-2,5-11H2,(H-,29,30,34,35,37)/p+1. The summed E-state index contributed by atoms with van der Waals surface area (Å²) >= 11 is 0. The van der Waals surface area contributed by atoms with Crippen molar-refractivity contribution >= 4 is 35.2 Å². The smallest absolute Gasteiger partial charge is 0.407 e. The number of nitrogens with zero attached hydrogens (tertiary/aromatic N) is 3. The van der Waals surface area contributed by atoms with Crippen LogP contribution in [0.3, 0.4) is 0 Å². The fourth-order valence-corrected chi connectivity index (χ4v) is 5.27. The van der Waals surface area contributed by atoms with Crippen molar-refractivity contribution in [3.63, 3.8) is 0 Å². The molecule has 38 heavy (non-hydrogen) atoms. The molecule has 0 saturated carbocycles. The summed E-state index contributed by atoms with van der Waals surface area (Å²) in [6.45, 7) is -0.242. The Morgan fingerprint density at radius 3 is 2.76 bits per heavy atom. The zero-order valence-corrected chi connectivity index (χ0v) is 20.1. The number of halogens is 4. The molecule has 202 valence electrons. The van der Waals surface area contributed by atoms with E-state index in [0.29, 0.717) is 18.5 Å². The third-order valence-electron chi connectivity index (χ3n) is 7.14. The van der Waals surface area contributed by atoms with Crippen LogP contribution in [-0.2, 0) is 27.4 Å². The summed E-state index contributed by atoms with van der Waals surface area (Å²) in [6, 6.07) is 2.05. The second-order valence-electron chi connectivity index (χ2n) is 9.60. The number of nitrogens with one attached hydrogen (secondary N) is 2. The highest BCUT2D eigenvalue weighted by Crippen LogP contribution is 2.35.